The lowest BCUT2D eigenvalue weighted by Gasteiger charge is -2.00. The van der Waals surface area contributed by atoms with Gasteiger partial charge in [0, 0.05) is 11.8 Å². The highest BCUT2D eigenvalue weighted by Crippen LogP contribution is 2.23. The zero-order chi connectivity index (χ0) is 11.0. The molecule has 2 aromatic rings. The average Bonchev–Trinajstić information content (AvgIpc) is 2.59. The third-order valence-electron chi connectivity index (χ3n) is 2.28. The molecule has 78 valence electrons. The summed E-state index contributed by atoms with van der Waals surface area (Å²) in [5.41, 5.74) is 1.34. The molecule has 6 heteroatoms. The van der Waals surface area contributed by atoms with Gasteiger partial charge in [0.2, 0.25) is 5.65 Å². The van der Waals surface area contributed by atoms with Crippen molar-refractivity contribution < 1.29 is 10.0 Å². The molecule has 2 heterocycles. The molecule has 0 unspecified atom stereocenters. The number of aryl methyl sites for hydroxylation is 1. The molecule has 0 aliphatic heterocycles. The Morgan fingerprint density at radius 3 is 3.00 bits per heavy atom. The first-order valence-corrected chi connectivity index (χ1v) is 4.36. The van der Waals surface area contributed by atoms with Crippen LogP contribution in [0.1, 0.15) is 11.3 Å². The maximum Gasteiger partial charge on any atom is 0.315 e. The van der Waals surface area contributed by atoms with Crippen molar-refractivity contribution in [3.8, 4) is 0 Å². The number of aromatic nitrogens is 2. The average molecular weight is 207 g/mol. The number of pyridine rings is 1. The molecule has 0 saturated carbocycles. The van der Waals surface area contributed by atoms with Crippen LogP contribution in [0.15, 0.2) is 18.5 Å². The topological polar surface area (TPSA) is 80.7 Å². The van der Waals surface area contributed by atoms with Gasteiger partial charge in [0.1, 0.15) is 0 Å². The van der Waals surface area contributed by atoms with E-state index in [1.165, 1.54) is 10.6 Å². The Bertz CT molecular complexity index is 533. The molecule has 6 nitrogen and oxygen atoms in total. The molecular formula is C9H9N3O3. The van der Waals surface area contributed by atoms with E-state index in [-0.39, 0.29) is 17.9 Å². The minimum Gasteiger partial charge on any atom is -0.390 e. The van der Waals surface area contributed by atoms with E-state index in [0.717, 1.165) is 0 Å². The van der Waals surface area contributed by atoms with E-state index in [1.807, 2.05) is 0 Å². The number of hydrogen-bond donors (Lipinski definition) is 1. The van der Waals surface area contributed by atoms with Crippen LogP contribution in [-0.2, 0) is 6.61 Å². The molecule has 15 heavy (non-hydrogen) atoms. The molecule has 0 amide bonds. The van der Waals surface area contributed by atoms with Gasteiger partial charge in [-0.15, -0.1) is 0 Å². The number of aliphatic hydroxyl groups is 1. The standard InChI is InChI=1S/C9H9N3O3/c1-6-2-3-11-7(5-13)4-10-9(11)8(6)12(14)15/h2-4,13H,5H2,1H3. The van der Waals surface area contributed by atoms with Gasteiger partial charge >= 0.3 is 5.69 Å². The third kappa shape index (κ3) is 1.35. The second-order valence-corrected chi connectivity index (χ2v) is 3.21. The fraction of sp³-hybridized carbons (Fsp3) is 0.222. The Morgan fingerprint density at radius 2 is 2.40 bits per heavy atom. The van der Waals surface area contributed by atoms with Gasteiger partial charge in [-0.05, 0) is 13.0 Å². The number of rotatable bonds is 2. The monoisotopic (exact) mass is 207 g/mol. The van der Waals surface area contributed by atoms with Crippen LogP contribution < -0.4 is 0 Å². The number of aliphatic hydroxyl groups excluding tert-OH is 1. The molecule has 0 aliphatic carbocycles. The highest BCUT2D eigenvalue weighted by atomic mass is 16.6. The van der Waals surface area contributed by atoms with E-state index < -0.39 is 4.92 Å². The molecule has 2 aromatic heterocycles. The van der Waals surface area contributed by atoms with Gasteiger partial charge in [-0.3, -0.25) is 14.5 Å². The van der Waals surface area contributed by atoms with E-state index in [4.69, 9.17) is 5.11 Å². The summed E-state index contributed by atoms with van der Waals surface area (Å²) in [6.45, 7) is 1.47. The minimum absolute atomic E-state index is 0.0165. The Hall–Kier alpha value is -1.95. The Balaban J connectivity index is 2.83. The van der Waals surface area contributed by atoms with Crippen LogP contribution >= 0.6 is 0 Å². The van der Waals surface area contributed by atoms with Gasteiger partial charge in [-0.1, -0.05) is 0 Å². The maximum atomic E-state index is 10.8. The lowest BCUT2D eigenvalue weighted by Crippen LogP contribution is -1.98. The highest BCUT2D eigenvalue weighted by Gasteiger charge is 2.18. The first-order valence-electron chi connectivity index (χ1n) is 4.36. The summed E-state index contributed by atoms with van der Waals surface area (Å²) in [6.07, 6.45) is 3.10. The highest BCUT2D eigenvalue weighted by molar-refractivity contribution is 5.63. The SMILES string of the molecule is Cc1ccn2c(CO)cnc2c1[N+](=O)[O-]. The van der Waals surface area contributed by atoms with Crippen molar-refractivity contribution in [1.29, 1.82) is 0 Å². The molecule has 1 N–H and O–H groups in total. The summed E-state index contributed by atoms with van der Waals surface area (Å²) in [7, 11) is 0. The smallest absolute Gasteiger partial charge is 0.315 e. The van der Waals surface area contributed by atoms with Crippen molar-refractivity contribution in [3.63, 3.8) is 0 Å². The van der Waals surface area contributed by atoms with Crippen LogP contribution in [0.2, 0.25) is 0 Å². The summed E-state index contributed by atoms with van der Waals surface area (Å²) in [5.74, 6) is 0. The molecule has 0 saturated heterocycles. The number of hydrogen-bond acceptors (Lipinski definition) is 4. The van der Waals surface area contributed by atoms with Crippen molar-refractivity contribution in [2.75, 3.05) is 0 Å². The van der Waals surface area contributed by atoms with E-state index in [9.17, 15) is 10.1 Å². The molecule has 0 spiro atoms. The summed E-state index contributed by atoms with van der Waals surface area (Å²) in [4.78, 5) is 14.3. The van der Waals surface area contributed by atoms with E-state index in [2.05, 4.69) is 4.98 Å². The molecule has 0 fully saturated rings. The largest absolute Gasteiger partial charge is 0.390 e. The van der Waals surface area contributed by atoms with Crippen LogP contribution in [0.5, 0.6) is 0 Å². The van der Waals surface area contributed by atoms with Crippen LogP contribution in [0.3, 0.4) is 0 Å². The van der Waals surface area contributed by atoms with Crippen LogP contribution in [-0.4, -0.2) is 19.4 Å². The minimum atomic E-state index is -0.460. The van der Waals surface area contributed by atoms with Gasteiger partial charge in [0.05, 0.1) is 23.4 Å². The Kier molecular flexibility index (Phi) is 2.12. The number of imidazole rings is 1. The summed E-state index contributed by atoms with van der Waals surface area (Å²) >= 11 is 0. The molecule has 0 atom stereocenters. The van der Waals surface area contributed by atoms with E-state index in [1.54, 1.807) is 19.2 Å². The molecule has 0 aliphatic rings. The number of nitrogens with zero attached hydrogens (tertiary/aromatic N) is 3. The van der Waals surface area contributed by atoms with Gasteiger partial charge in [0.25, 0.3) is 0 Å². The molecule has 0 radical (unpaired) electrons. The van der Waals surface area contributed by atoms with Crippen LogP contribution in [0, 0.1) is 17.0 Å². The fourth-order valence-electron chi connectivity index (χ4n) is 1.52. The quantitative estimate of drug-likeness (QED) is 0.589. The first kappa shape index (κ1) is 9.60. The summed E-state index contributed by atoms with van der Waals surface area (Å²) < 4.78 is 1.52. The van der Waals surface area contributed by atoms with Gasteiger partial charge in [0.15, 0.2) is 0 Å². The first-order chi connectivity index (χ1) is 7.15. The number of fused-ring (bicyclic) bond motifs is 1. The predicted molar refractivity (Wildman–Crippen MR) is 52.5 cm³/mol. The Morgan fingerprint density at radius 1 is 1.67 bits per heavy atom. The van der Waals surface area contributed by atoms with Crippen molar-refractivity contribution in [2.24, 2.45) is 0 Å². The second-order valence-electron chi connectivity index (χ2n) is 3.21. The van der Waals surface area contributed by atoms with Crippen molar-refractivity contribution >= 4 is 11.3 Å². The molecular weight excluding hydrogens is 198 g/mol. The summed E-state index contributed by atoms with van der Waals surface area (Å²) in [6, 6.07) is 1.63. The summed E-state index contributed by atoms with van der Waals surface area (Å²) in [5, 5.41) is 19.8. The van der Waals surface area contributed by atoms with Crippen molar-refractivity contribution in [1.82, 2.24) is 9.38 Å². The van der Waals surface area contributed by atoms with Crippen molar-refractivity contribution in [2.45, 2.75) is 13.5 Å². The zero-order valence-electron chi connectivity index (χ0n) is 8.04. The van der Waals surface area contributed by atoms with Gasteiger partial charge < -0.3 is 5.11 Å². The third-order valence-corrected chi connectivity index (χ3v) is 2.28. The van der Waals surface area contributed by atoms with Gasteiger partial charge in [-0.2, -0.15) is 0 Å². The number of nitro groups is 1. The molecule has 2 rings (SSSR count). The molecule has 0 aromatic carbocycles. The second kappa shape index (κ2) is 3.32. The lowest BCUT2D eigenvalue weighted by molar-refractivity contribution is -0.384. The maximum absolute atomic E-state index is 10.8. The predicted octanol–water partition coefficient (Wildman–Crippen LogP) is 1.04. The fourth-order valence-corrected chi connectivity index (χ4v) is 1.52. The van der Waals surface area contributed by atoms with E-state index >= 15 is 0 Å². The van der Waals surface area contributed by atoms with Crippen molar-refractivity contribution in [3.05, 3.63) is 39.8 Å². The van der Waals surface area contributed by atoms with E-state index in [0.29, 0.717) is 11.3 Å². The van der Waals surface area contributed by atoms with Gasteiger partial charge in [-0.25, -0.2) is 4.98 Å². The zero-order valence-corrected chi connectivity index (χ0v) is 8.04. The normalized spacial score (nSPS) is 10.8. The lowest BCUT2D eigenvalue weighted by atomic mass is 10.2. The van der Waals surface area contributed by atoms with Crippen LogP contribution in [0.4, 0.5) is 5.69 Å². The van der Waals surface area contributed by atoms with Crippen LogP contribution in [0.25, 0.3) is 5.65 Å². The molecule has 0 bridgehead atoms. The Labute approximate surface area is 84.9 Å².